The standard InChI is InChI=1S/C17H20ClNO/c1-13(16-7-4-8-17(18)10-16)19-11-14-5-3-6-15(9-14)12-20-2/h3-10,13,19H,11-12H2,1-2H3/t13-/m0/s1. The molecule has 0 aromatic heterocycles. The predicted molar refractivity (Wildman–Crippen MR) is 83.9 cm³/mol. The largest absolute Gasteiger partial charge is 0.380 e. The number of hydrogen-bond donors (Lipinski definition) is 1. The van der Waals surface area contributed by atoms with Crippen molar-refractivity contribution in [3.05, 3.63) is 70.2 Å². The molecule has 0 aliphatic heterocycles. The SMILES string of the molecule is COCc1cccc(CN[C@@H](C)c2cccc(Cl)c2)c1. The number of ether oxygens (including phenoxy) is 1. The van der Waals surface area contributed by atoms with Gasteiger partial charge in [-0.3, -0.25) is 0 Å². The molecule has 2 rings (SSSR count). The van der Waals surface area contributed by atoms with Crippen LogP contribution in [0.5, 0.6) is 0 Å². The molecule has 3 heteroatoms. The molecule has 106 valence electrons. The van der Waals surface area contributed by atoms with Gasteiger partial charge in [-0.25, -0.2) is 0 Å². The molecule has 2 aromatic carbocycles. The van der Waals surface area contributed by atoms with E-state index < -0.39 is 0 Å². The Bertz CT molecular complexity index is 556. The molecular formula is C17H20ClNO. The highest BCUT2D eigenvalue weighted by Gasteiger charge is 2.05. The molecule has 0 fully saturated rings. The molecule has 0 aliphatic carbocycles. The van der Waals surface area contributed by atoms with Gasteiger partial charge in [-0.1, -0.05) is 48.0 Å². The summed E-state index contributed by atoms with van der Waals surface area (Å²) in [5.41, 5.74) is 3.65. The van der Waals surface area contributed by atoms with Crippen LogP contribution in [-0.4, -0.2) is 7.11 Å². The summed E-state index contributed by atoms with van der Waals surface area (Å²) in [5.74, 6) is 0. The Morgan fingerprint density at radius 3 is 2.60 bits per heavy atom. The molecule has 1 N–H and O–H groups in total. The number of benzene rings is 2. The van der Waals surface area contributed by atoms with Crippen LogP contribution in [0.3, 0.4) is 0 Å². The number of halogens is 1. The zero-order valence-electron chi connectivity index (χ0n) is 11.9. The smallest absolute Gasteiger partial charge is 0.0713 e. The molecule has 0 saturated heterocycles. The van der Waals surface area contributed by atoms with Gasteiger partial charge in [0.2, 0.25) is 0 Å². The van der Waals surface area contributed by atoms with Gasteiger partial charge in [0, 0.05) is 24.7 Å². The van der Waals surface area contributed by atoms with Crippen LogP contribution < -0.4 is 5.32 Å². The monoisotopic (exact) mass is 289 g/mol. The second-order valence-electron chi connectivity index (χ2n) is 4.91. The van der Waals surface area contributed by atoms with Crippen molar-refractivity contribution in [2.75, 3.05) is 7.11 Å². The maximum atomic E-state index is 6.02. The van der Waals surface area contributed by atoms with Crippen molar-refractivity contribution in [2.24, 2.45) is 0 Å². The van der Waals surface area contributed by atoms with Gasteiger partial charge >= 0.3 is 0 Å². The molecule has 0 saturated carbocycles. The molecule has 0 heterocycles. The molecule has 0 bridgehead atoms. The zero-order valence-corrected chi connectivity index (χ0v) is 12.7. The first-order chi connectivity index (χ1) is 9.69. The van der Waals surface area contributed by atoms with Crippen LogP contribution >= 0.6 is 11.6 Å². The molecule has 2 nitrogen and oxygen atoms in total. The van der Waals surface area contributed by atoms with Crippen molar-refractivity contribution in [1.82, 2.24) is 5.32 Å². The van der Waals surface area contributed by atoms with Crippen LogP contribution in [0, 0.1) is 0 Å². The Morgan fingerprint density at radius 1 is 1.10 bits per heavy atom. The summed E-state index contributed by atoms with van der Waals surface area (Å²) >= 11 is 6.02. The lowest BCUT2D eigenvalue weighted by molar-refractivity contribution is 0.185. The lowest BCUT2D eigenvalue weighted by atomic mass is 10.1. The Kier molecular flexibility index (Phi) is 5.60. The third-order valence-corrected chi connectivity index (χ3v) is 3.50. The van der Waals surface area contributed by atoms with E-state index in [1.807, 2.05) is 18.2 Å². The van der Waals surface area contributed by atoms with Crippen LogP contribution in [0.15, 0.2) is 48.5 Å². The van der Waals surface area contributed by atoms with Crippen molar-refractivity contribution in [3.63, 3.8) is 0 Å². The first-order valence-electron chi connectivity index (χ1n) is 6.74. The zero-order chi connectivity index (χ0) is 14.4. The first kappa shape index (κ1) is 15.0. The van der Waals surface area contributed by atoms with Gasteiger partial charge in [-0.2, -0.15) is 0 Å². The Morgan fingerprint density at radius 2 is 1.85 bits per heavy atom. The molecular weight excluding hydrogens is 270 g/mol. The number of hydrogen-bond acceptors (Lipinski definition) is 2. The Labute approximate surface area is 125 Å². The minimum absolute atomic E-state index is 0.264. The number of nitrogens with one attached hydrogen (secondary N) is 1. The van der Waals surface area contributed by atoms with Crippen LogP contribution in [0.2, 0.25) is 5.02 Å². The Balaban J connectivity index is 1.96. The van der Waals surface area contributed by atoms with Gasteiger partial charge in [0.1, 0.15) is 0 Å². The van der Waals surface area contributed by atoms with E-state index in [0.717, 1.165) is 11.6 Å². The predicted octanol–water partition coefficient (Wildman–Crippen LogP) is 4.34. The van der Waals surface area contributed by atoms with Gasteiger partial charge in [0.15, 0.2) is 0 Å². The van der Waals surface area contributed by atoms with Crippen molar-refractivity contribution >= 4 is 11.6 Å². The normalized spacial score (nSPS) is 12.3. The molecule has 20 heavy (non-hydrogen) atoms. The topological polar surface area (TPSA) is 21.3 Å². The first-order valence-corrected chi connectivity index (χ1v) is 7.12. The maximum absolute atomic E-state index is 6.02. The molecule has 2 aromatic rings. The van der Waals surface area contributed by atoms with E-state index in [0.29, 0.717) is 6.61 Å². The summed E-state index contributed by atoms with van der Waals surface area (Å²) in [4.78, 5) is 0. The quantitative estimate of drug-likeness (QED) is 0.854. The van der Waals surface area contributed by atoms with Gasteiger partial charge in [-0.15, -0.1) is 0 Å². The van der Waals surface area contributed by atoms with E-state index in [2.05, 4.69) is 42.6 Å². The highest BCUT2D eigenvalue weighted by molar-refractivity contribution is 6.30. The minimum atomic E-state index is 0.264. The van der Waals surface area contributed by atoms with Crippen LogP contribution in [0.25, 0.3) is 0 Å². The highest BCUT2D eigenvalue weighted by Crippen LogP contribution is 2.18. The second-order valence-corrected chi connectivity index (χ2v) is 5.35. The van der Waals surface area contributed by atoms with Gasteiger partial charge in [0.25, 0.3) is 0 Å². The number of methoxy groups -OCH3 is 1. The second kappa shape index (κ2) is 7.44. The van der Waals surface area contributed by atoms with E-state index >= 15 is 0 Å². The van der Waals surface area contributed by atoms with E-state index in [4.69, 9.17) is 16.3 Å². The molecule has 0 amide bonds. The fourth-order valence-electron chi connectivity index (χ4n) is 2.16. The third kappa shape index (κ3) is 4.34. The van der Waals surface area contributed by atoms with Gasteiger partial charge in [0.05, 0.1) is 6.61 Å². The summed E-state index contributed by atoms with van der Waals surface area (Å²) in [6.07, 6.45) is 0. The van der Waals surface area contributed by atoms with Gasteiger partial charge < -0.3 is 10.1 Å². The number of rotatable bonds is 6. The lowest BCUT2D eigenvalue weighted by Crippen LogP contribution is -2.18. The molecule has 0 radical (unpaired) electrons. The van der Waals surface area contributed by atoms with Crippen LogP contribution in [0.1, 0.15) is 29.7 Å². The van der Waals surface area contributed by atoms with Crippen LogP contribution in [0.4, 0.5) is 0 Å². The molecule has 0 unspecified atom stereocenters. The molecule has 1 atom stereocenters. The summed E-state index contributed by atoms with van der Waals surface area (Å²) in [7, 11) is 1.71. The fourth-order valence-corrected chi connectivity index (χ4v) is 2.36. The van der Waals surface area contributed by atoms with Crippen molar-refractivity contribution in [1.29, 1.82) is 0 Å². The average molecular weight is 290 g/mol. The van der Waals surface area contributed by atoms with Crippen LogP contribution in [-0.2, 0) is 17.9 Å². The minimum Gasteiger partial charge on any atom is -0.380 e. The van der Waals surface area contributed by atoms with Crippen molar-refractivity contribution in [3.8, 4) is 0 Å². The summed E-state index contributed by atoms with van der Waals surface area (Å²) < 4.78 is 5.16. The summed E-state index contributed by atoms with van der Waals surface area (Å²) in [6, 6.07) is 16.7. The fraction of sp³-hybridized carbons (Fsp3) is 0.294. The molecule has 0 spiro atoms. The third-order valence-electron chi connectivity index (χ3n) is 3.26. The maximum Gasteiger partial charge on any atom is 0.0713 e. The van der Waals surface area contributed by atoms with E-state index in [1.54, 1.807) is 7.11 Å². The van der Waals surface area contributed by atoms with E-state index in [1.165, 1.54) is 16.7 Å². The van der Waals surface area contributed by atoms with E-state index in [-0.39, 0.29) is 6.04 Å². The summed E-state index contributed by atoms with van der Waals surface area (Å²) in [5, 5.41) is 4.29. The highest BCUT2D eigenvalue weighted by atomic mass is 35.5. The Hall–Kier alpha value is -1.35. The van der Waals surface area contributed by atoms with E-state index in [9.17, 15) is 0 Å². The van der Waals surface area contributed by atoms with Gasteiger partial charge in [-0.05, 0) is 35.7 Å². The van der Waals surface area contributed by atoms with Crippen molar-refractivity contribution in [2.45, 2.75) is 26.1 Å². The summed E-state index contributed by atoms with van der Waals surface area (Å²) in [6.45, 7) is 3.62. The lowest BCUT2D eigenvalue weighted by Gasteiger charge is -2.15. The average Bonchev–Trinajstić information content (AvgIpc) is 2.45. The molecule has 0 aliphatic rings. The van der Waals surface area contributed by atoms with Crippen molar-refractivity contribution < 1.29 is 4.74 Å².